The molecule has 2 bridgehead atoms. The van der Waals surface area contributed by atoms with E-state index in [1.54, 1.807) is 6.20 Å². The standard InChI is InChI=1S/C31H28N2O3/c34-30(36-19-28-26-10-4-2-8-24(26)25-9-3-5-11-27(25)28)33-22-13-14-23(33)17-31(35,16-22)21-15-20-7-1-6-12-29(20)32-18-21/h1-12,15,18,22-23,28,35H,13-14,16-17,19H2. The first-order valence-corrected chi connectivity index (χ1v) is 12.8. The Hall–Kier alpha value is -3.70. The molecule has 7 rings (SSSR count). The summed E-state index contributed by atoms with van der Waals surface area (Å²) in [7, 11) is 0. The molecule has 5 heteroatoms. The van der Waals surface area contributed by atoms with E-state index in [1.807, 2.05) is 47.4 Å². The van der Waals surface area contributed by atoms with E-state index in [0.717, 1.165) is 29.3 Å². The highest BCUT2D eigenvalue weighted by atomic mass is 16.6. The predicted molar refractivity (Wildman–Crippen MR) is 139 cm³/mol. The van der Waals surface area contributed by atoms with E-state index in [2.05, 4.69) is 41.4 Å². The molecule has 2 atom stereocenters. The number of rotatable bonds is 3. The van der Waals surface area contributed by atoms with Crippen molar-refractivity contribution in [2.75, 3.05) is 6.61 Å². The molecule has 36 heavy (non-hydrogen) atoms. The summed E-state index contributed by atoms with van der Waals surface area (Å²) in [5.74, 6) is 0.0457. The summed E-state index contributed by atoms with van der Waals surface area (Å²) in [6, 6.07) is 26.7. The van der Waals surface area contributed by atoms with E-state index >= 15 is 0 Å². The van der Waals surface area contributed by atoms with Crippen molar-refractivity contribution in [2.24, 2.45) is 0 Å². The van der Waals surface area contributed by atoms with Gasteiger partial charge in [0, 0.05) is 48.0 Å². The van der Waals surface area contributed by atoms with Crippen molar-refractivity contribution >= 4 is 17.0 Å². The maximum absolute atomic E-state index is 13.4. The van der Waals surface area contributed by atoms with Gasteiger partial charge in [-0.15, -0.1) is 0 Å². The number of hydrogen-bond donors (Lipinski definition) is 1. The van der Waals surface area contributed by atoms with Crippen LogP contribution in [0.15, 0.2) is 85.1 Å². The number of aromatic nitrogens is 1. The summed E-state index contributed by atoms with van der Waals surface area (Å²) < 4.78 is 5.98. The lowest BCUT2D eigenvalue weighted by molar-refractivity contribution is -0.0532. The second kappa shape index (κ2) is 8.17. The predicted octanol–water partition coefficient (Wildman–Crippen LogP) is 6.00. The van der Waals surface area contributed by atoms with Gasteiger partial charge in [-0.3, -0.25) is 4.98 Å². The van der Waals surface area contributed by atoms with Gasteiger partial charge in [0.2, 0.25) is 0 Å². The van der Waals surface area contributed by atoms with Gasteiger partial charge in [0.25, 0.3) is 0 Å². The SMILES string of the molecule is O=C(OCC1c2ccccc2-c2ccccc21)N1C2CCC1CC(O)(c1cnc3ccccc3c1)C2. The van der Waals surface area contributed by atoms with Gasteiger partial charge in [-0.25, -0.2) is 4.79 Å². The van der Waals surface area contributed by atoms with Gasteiger partial charge in [0.05, 0.1) is 11.1 Å². The van der Waals surface area contributed by atoms with Crippen LogP contribution in [-0.4, -0.2) is 39.8 Å². The normalized spacial score (nSPS) is 24.5. The molecule has 1 N–H and O–H groups in total. The summed E-state index contributed by atoms with van der Waals surface area (Å²) in [4.78, 5) is 19.8. The number of carbonyl (C=O) groups is 1. The first kappa shape index (κ1) is 21.6. The number of hydrogen-bond acceptors (Lipinski definition) is 4. The van der Waals surface area contributed by atoms with Crippen LogP contribution in [0.4, 0.5) is 4.79 Å². The number of piperidine rings is 1. The van der Waals surface area contributed by atoms with Crippen LogP contribution in [0.25, 0.3) is 22.0 Å². The summed E-state index contributed by atoms with van der Waals surface area (Å²) in [5, 5.41) is 12.7. The van der Waals surface area contributed by atoms with Crippen molar-refractivity contribution in [1.29, 1.82) is 0 Å². The number of amides is 1. The molecule has 180 valence electrons. The van der Waals surface area contributed by atoms with Gasteiger partial charge < -0.3 is 14.7 Å². The summed E-state index contributed by atoms with van der Waals surface area (Å²) >= 11 is 0. The van der Waals surface area contributed by atoms with Crippen LogP contribution in [0.5, 0.6) is 0 Å². The van der Waals surface area contributed by atoms with Gasteiger partial charge in [0.1, 0.15) is 6.61 Å². The van der Waals surface area contributed by atoms with Crippen molar-refractivity contribution in [3.63, 3.8) is 0 Å². The van der Waals surface area contributed by atoms with E-state index < -0.39 is 5.60 Å². The fourth-order valence-electron chi connectivity index (χ4n) is 6.75. The Labute approximate surface area is 210 Å². The lowest BCUT2D eigenvalue weighted by Gasteiger charge is -2.43. The molecule has 3 aromatic carbocycles. The lowest BCUT2D eigenvalue weighted by Crippen LogP contribution is -2.52. The molecule has 1 aromatic heterocycles. The van der Waals surface area contributed by atoms with Crippen LogP contribution in [0.2, 0.25) is 0 Å². The zero-order valence-electron chi connectivity index (χ0n) is 20.0. The number of nitrogens with zero attached hydrogens (tertiary/aromatic N) is 2. The van der Waals surface area contributed by atoms with Gasteiger partial charge >= 0.3 is 6.09 Å². The average molecular weight is 477 g/mol. The van der Waals surface area contributed by atoms with Crippen LogP contribution < -0.4 is 0 Å². The molecule has 4 aromatic rings. The molecule has 2 fully saturated rings. The minimum Gasteiger partial charge on any atom is -0.448 e. The maximum atomic E-state index is 13.4. The number of pyridine rings is 1. The summed E-state index contributed by atoms with van der Waals surface area (Å²) in [5.41, 5.74) is 5.65. The van der Waals surface area contributed by atoms with Crippen LogP contribution in [0.3, 0.4) is 0 Å². The molecule has 2 aliphatic heterocycles. The number of carbonyl (C=O) groups excluding carboxylic acids is 1. The highest BCUT2D eigenvalue weighted by Crippen LogP contribution is 2.47. The Balaban J connectivity index is 1.09. The fourth-order valence-corrected chi connectivity index (χ4v) is 6.75. The molecular formula is C31H28N2O3. The number of aliphatic hydroxyl groups is 1. The van der Waals surface area contributed by atoms with Gasteiger partial charge in [0.15, 0.2) is 0 Å². The Kier molecular flexibility index (Phi) is 4.90. The fraction of sp³-hybridized carbons (Fsp3) is 0.290. The third-order valence-corrected chi connectivity index (χ3v) is 8.44. The second-order valence-electron chi connectivity index (χ2n) is 10.5. The molecule has 3 aliphatic rings. The van der Waals surface area contributed by atoms with E-state index in [-0.39, 0.29) is 24.1 Å². The van der Waals surface area contributed by atoms with Crippen molar-refractivity contribution in [2.45, 2.75) is 49.3 Å². The van der Waals surface area contributed by atoms with Crippen molar-refractivity contribution < 1.29 is 14.6 Å². The maximum Gasteiger partial charge on any atom is 0.410 e. The van der Waals surface area contributed by atoms with Crippen LogP contribution >= 0.6 is 0 Å². The number of benzene rings is 3. The molecule has 5 nitrogen and oxygen atoms in total. The molecule has 1 aliphatic carbocycles. The monoisotopic (exact) mass is 476 g/mol. The van der Waals surface area contributed by atoms with Crippen LogP contribution in [0.1, 0.15) is 48.3 Å². The van der Waals surface area contributed by atoms with Crippen molar-refractivity contribution in [1.82, 2.24) is 9.88 Å². The Morgan fingerprint density at radius 3 is 2.22 bits per heavy atom. The number of para-hydroxylation sites is 1. The molecule has 0 saturated carbocycles. The second-order valence-corrected chi connectivity index (χ2v) is 10.5. The first-order chi connectivity index (χ1) is 17.6. The topological polar surface area (TPSA) is 62.7 Å². The minimum atomic E-state index is -0.983. The van der Waals surface area contributed by atoms with Crippen LogP contribution in [-0.2, 0) is 10.3 Å². The zero-order chi connectivity index (χ0) is 24.3. The van der Waals surface area contributed by atoms with E-state index in [9.17, 15) is 9.90 Å². The molecule has 2 unspecified atom stereocenters. The quantitative estimate of drug-likeness (QED) is 0.394. The smallest absolute Gasteiger partial charge is 0.410 e. The number of ether oxygens (including phenoxy) is 1. The Bertz CT molecular complexity index is 1420. The third-order valence-electron chi connectivity index (χ3n) is 8.44. The first-order valence-electron chi connectivity index (χ1n) is 12.8. The van der Waals surface area contributed by atoms with E-state index in [1.165, 1.54) is 22.3 Å². The highest BCUT2D eigenvalue weighted by molar-refractivity contribution is 5.80. The Morgan fingerprint density at radius 2 is 1.53 bits per heavy atom. The largest absolute Gasteiger partial charge is 0.448 e. The van der Waals surface area contributed by atoms with Gasteiger partial charge in [-0.05, 0) is 47.2 Å². The zero-order valence-corrected chi connectivity index (χ0v) is 20.0. The lowest BCUT2D eigenvalue weighted by atomic mass is 9.81. The minimum absolute atomic E-state index is 0.0316. The van der Waals surface area contributed by atoms with E-state index in [0.29, 0.717) is 19.4 Å². The average Bonchev–Trinajstić information content (AvgIpc) is 3.39. The van der Waals surface area contributed by atoms with Crippen molar-refractivity contribution in [3.8, 4) is 11.1 Å². The van der Waals surface area contributed by atoms with E-state index in [4.69, 9.17) is 4.74 Å². The molecule has 1 amide bonds. The summed E-state index contributed by atoms with van der Waals surface area (Å²) in [6.07, 6.45) is 4.32. The number of fused-ring (bicyclic) bond motifs is 6. The molecule has 3 heterocycles. The van der Waals surface area contributed by atoms with Crippen LogP contribution in [0, 0.1) is 0 Å². The molecule has 0 spiro atoms. The third kappa shape index (κ3) is 3.34. The van der Waals surface area contributed by atoms with Gasteiger partial charge in [-0.1, -0.05) is 66.7 Å². The van der Waals surface area contributed by atoms with Gasteiger partial charge in [-0.2, -0.15) is 0 Å². The van der Waals surface area contributed by atoms with Crippen molar-refractivity contribution in [3.05, 3.63) is 102 Å². The highest BCUT2D eigenvalue weighted by Gasteiger charge is 2.51. The molecule has 0 radical (unpaired) electrons. The molecule has 2 saturated heterocycles. The Morgan fingerprint density at radius 1 is 0.917 bits per heavy atom. The summed E-state index contributed by atoms with van der Waals surface area (Å²) in [6.45, 7) is 0.321. The molecular weight excluding hydrogens is 448 g/mol.